The molecule has 3 rings (SSSR count). The van der Waals surface area contributed by atoms with Crippen molar-refractivity contribution in [1.29, 1.82) is 0 Å². The van der Waals surface area contributed by atoms with E-state index in [1.165, 1.54) is 4.90 Å². The summed E-state index contributed by atoms with van der Waals surface area (Å²) in [7, 11) is 0. The third-order valence-corrected chi connectivity index (χ3v) is 4.14. The number of halogens is 2. The second-order valence-electron chi connectivity index (χ2n) is 5.31. The van der Waals surface area contributed by atoms with Crippen LogP contribution >= 0.6 is 23.2 Å². The molecule has 0 aliphatic carbocycles. The van der Waals surface area contributed by atoms with Gasteiger partial charge in [0.25, 0.3) is 0 Å². The zero-order valence-corrected chi connectivity index (χ0v) is 13.7. The summed E-state index contributed by atoms with van der Waals surface area (Å²) in [6, 6.07) is 6.46. The lowest BCUT2D eigenvalue weighted by molar-refractivity contribution is -0.122. The Morgan fingerprint density at radius 3 is 2.87 bits per heavy atom. The Morgan fingerprint density at radius 2 is 2.17 bits per heavy atom. The number of hydrogen-bond donors (Lipinski definition) is 1. The van der Waals surface area contributed by atoms with Crippen LogP contribution in [0, 0.1) is 12.8 Å². The van der Waals surface area contributed by atoms with E-state index in [0.717, 1.165) is 0 Å². The topological polar surface area (TPSA) is 75.4 Å². The maximum atomic E-state index is 12.4. The van der Waals surface area contributed by atoms with Gasteiger partial charge in [-0.05, 0) is 25.1 Å². The van der Waals surface area contributed by atoms with Crippen LogP contribution in [0.3, 0.4) is 0 Å². The van der Waals surface area contributed by atoms with Crippen molar-refractivity contribution in [3.05, 3.63) is 40.1 Å². The van der Waals surface area contributed by atoms with Crippen LogP contribution in [0.15, 0.2) is 28.8 Å². The number of anilines is 2. The highest BCUT2D eigenvalue weighted by Crippen LogP contribution is 2.29. The molecule has 0 saturated carbocycles. The van der Waals surface area contributed by atoms with Crippen molar-refractivity contribution in [1.82, 2.24) is 5.16 Å². The molecule has 8 heteroatoms. The fraction of sp³-hybridized carbons (Fsp3) is 0.267. The van der Waals surface area contributed by atoms with Crippen molar-refractivity contribution >= 4 is 46.5 Å². The maximum absolute atomic E-state index is 12.4. The minimum Gasteiger partial charge on any atom is -0.360 e. The lowest BCUT2D eigenvalue weighted by Crippen LogP contribution is -2.28. The maximum Gasteiger partial charge on any atom is 0.229 e. The number of rotatable bonds is 3. The Labute approximate surface area is 142 Å². The monoisotopic (exact) mass is 353 g/mol. The average Bonchev–Trinajstić information content (AvgIpc) is 3.09. The summed E-state index contributed by atoms with van der Waals surface area (Å²) in [6.45, 7) is 1.98. The van der Waals surface area contributed by atoms with Crippen LogP contribution in [0.2, 0.25) is 10.0 Å². The van der Waals surface area contributed by atoms with Crippen molar-refractivity contribution in [2.75, 3.05) is 16.8 Å². The van der Waals surface area contributed by atoms with Crippen LogP contribution in [0.5, 0.6) is 0 Å². The van der Waals surface area contributed by atoms with Gasteiger partial charge in [-0.1, -0.05) is 28.4 Å². The lowest BCUT2D eigenvalue weighted by Gasteiger charge is -2.13. The van der Waals surface area contributed by atoms with Gasteiger partial charge < -0.3 is 9.84 Å². The Balaban J connectivity index is 1.71. The number of carbonyl (C=O) groups is 2. The van der Waals surface area contributed by atoms with Crippen molar-refractivity contribution in [3.63, 3.8) is 0 Å². The first-order chi connectivity index (χ1) is 10.9. The van der Waals surface area contributed by atoms with Crippen molar-refractivity contribution in [2.24, 2.45) is 5.92 Å². The van der Waals surface area contributed by atoms with Crippen LogP contribution in [0.1, 0.15) is 12.2 Å². The molecule has 0 radical (unpaired) electrons. The molecular weight excluding hydrogens is 341 g/mol. The standard InChI is InChI=1S/C15H13Cl2N3O3/c1-8-4-13(19-23-8)20-7-9(5-14(20)21)15(22)18-12-6-10(16)2-3-11(12)17/h2-4,6,9H,5,7H2,1H3,(H,18,22). The minimum atomic E-state index is -0.491. The highest BCUT2D eigenvalue weighted by molar-refractivity contribution is 6.35. The molecule has 23 heavy (non-hydrogen) atoms. The van der Waals surface area contributed by atoms with E-state index in [1.807, 2.05) is 0 Å². The third kappa shape index (κ3) is 3.33. The first-order valence-electron chi connectivity index (χ1n) is 6.93. The van der Waals surface area contributed by atoms with E-state index >= 15 is 0 Å². The zero-order chi connectivity index (χ0) is 16.6. The third-order valence-electron chi connectivity index (χ3n) is 3.57. The number of nitrogens with one attached hydrogen (secondary N) is 1. The van der Waals surface area contributed by atoms with E-state index < -0.39 is 5.92 Å². The van der Waals surface area contributed by atoms with Crippen LogP contribution in [-0.2, 0) is 9.59 Å². The van der Waals surface area contributed by atoms with Crippen LogP contribution in [0.4, 0.5) is 11.5 Å². The van der Waals surface area contributed by atoms with Crippen LogP contribution < -0.4 is 10.2 Å². The molecule has 1 unspecified atom stereocenters. The van der Waals surface area contributed by atoms with E-state index in [4.69, 9.17) is 27.7 Å². The van der Waals surface area contributed by atoms with E-state index in [9.17, 15) is 9.59 Å². The quantitative estimate of drug-likeness (QED) is 0.918. The summed E-state index contributed by atoms with van der Waals surface area (Å²) in [5, 5.41) is 7.37. The van der Waals surface area contributed by atoms with Gasteiger partial charge in [0.15, 0.2) is 5.82 Å². The van der Waals surface area contributed by atoms with Crippen molar-refractivity contribution in [3.8, 4) is 0 Å². The lowest BCUT2D eigenvalue weighted by atomic mass is 10.1. The number of nitrogens with zero attached hydrogens (tertiary/aromatic N) is 2. The molecule has 6 nitrogen and oxygen atoms in total. The SMILES string of the molecule is Cc1cc(N2CC(C(=O)Nc3cc(Cl)ccc3Cl)CC2=O)no1. The molecule has 2 heterocycles. The molecular formula is C15H13Cl2N3O3. The first-order valence-corrected chi connectivity index (χ1v) is 7.69. The number of hydrogen-bond acceptors (Lipinski definition) is 4. The predicted octanol–water partition coefficient (Wildman–Crippen LogP) is 3.28. The molecule has 1 aliphatic rings. The number of benzene rings is 1. The summed E-state index contributed by atoms with van der Waals surface area (Å²) in [6.07, 6.45) is 0.107. The summed E-state index contributed by atoms with van der Waals surface area (Å²) in [5.41, 5.74) is 0.423. The molecule has 1 fully saturated rings. The molecule has 1 aromatic heterocycles. The highest BCUT2D eigenvalue weighted by Gasteiger charge is 2.36. The summed E-state index contributed by atoms with van der Waals surface area (Å²) in [4.78, 5) is 25.9. The zero-order valence-electron chi connectivity index (χ0n) is 12.2. The van der Waals surface area contributed by atoms with Gasteiger partial charge in [-0.15, -0.1) is 0 Å². The number of carbonyl (C=O) groups excluding carboxylic acids is 2. The smallest absolute Gasteiger partial charge is 0.229 e. The van der Waals surface area contributed by atoms with Crippen molar-refractivity contribution in [2.45, 2.75) is 13.3 Å². The van der Waals surface area contributed by atoms with Crippen molar-refractivity contribution < 1.29 is 14.1 Å². The molecule has 2 amide bonds. The molecule has 1 aliphatic heterocycles. The van der Waals surface area contributed by atoms with Gasteiger partial charge in [-0.2, -0.15) is 0 Å². The highest BCUT2D eigenvalue weighted by atomic mass is 35.5. The Morgan fingerprint density at radius 1 is 1.39 bits per heavy atom. The fourth-order valence-corrected chi connectivity index (χ4v) is 2.75. The normalized spacial score (nSPS) is 17.6. The van der Waals surface area contributed by atoms with Gasteiger partial charge >= 0.3 is 0 Å². The first kappa shape index (κ1) is 15.8. The minimum absolute atomic E-state index is 0.107. The average molecular weight is 354 g/mol. The van der Waals surface area contributed by atoms with Gasteiger partial charge in [0.1, 0.15) is 5.76 Å². The van der Waals surface area contributed by atoms with Gasteiger partial charge in [0.05, 0.1) is 16.6 Å². The van der Waals surface area contributed by atoms with Gasteiger partial charge in [-0.25, -0.2) is 0 Å². The summed E-state index contributed by atoms with van der Waals surface area (Å²) in [5.74, 6) is 0.0745. The second-order valence-corrected chi connectivity index (χ2v) is 6.16. The van der Waals surface area contributed by atoms with E-state index in [0.29, 0.717) is 27.3 Å². The Kier molecular flexibility index (Phi) is 4.28. The molecule has 120 valence electrons. The van der Waals surface area contributed by atoms with E-state index in [-0.39, 0.29) is 24.8 Å². The molecule has 1 saturated heterocycles. The number of aromatic nitrogens is 1. The molecule has 0 spiro atoms. The van der Waals surface area contributed by atoms with Crippen LogP contribution in [0.25, 0.3) is 0 Å². The molecule has 0 bridgehead atoms. The second kappa shape index (κ2) is 6.22. The van der Waals surface area contributed by atoms with E-state index in [2.05, 4.69) is 10.5 Å². The fourth-order valence-electron chi connectivity index (χ4n) is 2.41. The predicted molar refractivity (Wildman–Crippen MR) is 86.8 cm³/mol. The largest absolute Gasteiger partial charge is 0.360 e. The van der Waals surface area contributed by atoms with Gasteiger partial charge in [-0.3, -0.25) is 14.5 Å². The molecule has 2 aromatic rings. The molecule has 1 N–H and O–H groups in total. The van der Waals surface area contributed by atoms with Gasteiger partial charge in [0, 0.05) is 24.1 Å². The molecule has 1 atom stereocenters. The summed E-state index contributed by atoms with van der Waals surface area (Å²) < 4.78 is 4.97. The molecule has 1 aromatic carbocycles. The van der Waals surface area contributed by atoms with Crippen LogP contribution in [-0.4, -0.2) is 23.5 Å². The Hall–Kier alpha value is -2.05. The number of aryl methyl sites for hydroxylation is 1. The Bertz CT molecular complexity index is 775. The number of amides is 2. The van der Waals surface area contributed by atoms with E-state index in [1.54, 1.807) is 31.2 Å². The van der Waals surface area contributed by atoms with Gasteiger partial charge in [0.2, 0.25) is 11.8 Å². The summed E-state index contributed by atoms with van der Waals surface area (Å²) >= 11 is 11.9.